The van der Waals surface area contributed by atoms with Crippen LogP contribution < -0.4 is 5.32 Å². The summed E-state index contributed by atoms with van der Waals surface area (Å²) in [6.45, 7) is -0.524. The zero-order chi connectivity index (χ0) is 10.7. The second kappa shape index (κ2) is 4.89. The minimum absolute atomic E-state index is 0.0672. The number of hydrogen-bond acceptors (Lipinski definition) is 1. The summed E-state index contributed by atoms with van der Waals surface area (Å²) in [6, 6.07) is 2.21. The second-order valence-electron chi connectivity index (χ2n) is 2.52. The standard InChI is InChI=1S/C8H6BrClF3N/c9-5-1-4(11)2-6(10)8(5)14-3-7(12)13/h1-2,7,14H,3H2. The number of hydrogen-bond donors (Lipinski definition) is 1. The van der Waals surface area contributed by atoms with E-state index in [1.807, 2.05) is 0 Å². The van der Waals surface area contributed by atoms with Crippen molar-refractivity contribution >= 4 is 33.2 Å². The van der Waals surface area contributed by atoms with Crippen molar-refractivity contribution in [3.05, 3.63) is 27.4 Å². The Bertz CT molecular complexity index is 309. The molecule has 0 amide bonds. The molecule has 0 unspecified atom stereocenters. The fourth-order valence-corrected chi connectivity index (χ4v) is 1.85. The first-order chi connectivity index (χ1) is 6.50. The highest BCUT2D eigenvalue weighted by Crippen LogP contribution is 2.31. The summed E-state index contributed by atoms with van der Waals surface area (Å²) in [4.78, 5) is 0. The molecule has 0 radical (unpaired) electrons. The largest absolute Gasteiger partial charge is 0.377 e. The summed E-state index contributed by atoms with van der Waals surface area (Å²) >= 11 is 8.66. The van der Waals surface area contributed by atoms with E-state index in [4.69, 9.17) is 11.6 Å². The van der Waals surface area contributed by atoms with Crippen molar-refractivity contribution in [2.45, 2.75) is 6.43 Å². The normalized spacial score (nSPS) is 10.7. The molecule has 1 rings (SSSR count). The molecular formula is C8H6BrClF3N. The van der Waals surface area contributed by atoms with Crippen LogP contribution in [0.15, 0.2) is 16.6 Å². The van der Waals surface area contributed by atoms with Gasteiger partial charge in [0.1, 0.15) is 5.82 Å². The van der Waals surface area contributed by atoms with E-state index >= 15 is 0 Å². The van der Waals surface area contributed by atoms with Crippen LogP contribution in [0.2, 0.25) is 5.02 Å². The van der Waals surface area contributed by atoms with E-state index in [9.17, 15) is 13.2 Å². The zero-order valence-electron chi connectivity index (χ0n) is 6.83. The van der Waals surface area contributed by atoms with Crippen molar-refractivity contribution in [2.24, 2.45) is 0 Å². The maximum atomic E-state index is 12.7. The Labute approximate surface area is 92.4 Å². The van der Waals surface area contributed by atoms with E-state index in [1.54, 1.807) is 0 Å². The molecule has 1 aromatic rings. The van der Waals surface area contributed by atoms with Crippen molar-refractivity contribution in [3.63, 3.8) is 0 Å². The average Bonchev–Trinajstić information content (AvgIpc) is 2.01. The molecular weight excluding hydrogens is 282 g/mol. The molecule has 0 aliphatic rings. The molecule has 0 aromatic heterocycles. The smallest absolute Gasteiger partial charge is 0.255 e. The Morgan fingerprint density at radius 3 is 2.57 bits per heavy atom. The highest BCUT2D eigenvalue weighted by molar-refractivity contribution is 9.10. The predicted molar refractivity (Wildman–Crippen MR) is 53.6 cm³/mol. The van der Waals surface area contributed by atoms with Gasteiger partial charge in [0, 0.05) is 4.47 Å². The lowest BCUT2D eigenvalue weighted by atomic mass is 10.3. The topological polar surface area (TPSA) is 12.0 Å². The molecule has 0 fully saturated rings. The van der Waals surface area contributed by atoms with Gasteiger partial charge in [0.15, 0.2) is 0 Å². The van der Waals surface area contributed by atoms with Crippen LogP contribution in [-0.4, -0.2) is 13.0 Å². The molecule has 0 saturated heterocycles. The van der Waals surface area contributed by atoms with E-state index in [2.05, 4.69) is 21.2 Å². The first-order valence-corrected chi connectivity index (χ1v) is 4.84. The average molecular weight is 288 g/mol. The van der Waals surface area contributed by atoms with Gasteiger partial charge < -0.3 is 5.32 Å². The summed E-state index contributed by atoms with van der Waals surface area (Å²) in [5.74, 6) is -0.524. The molecule has 6 heteroatoms. The molecule has 1 N–H and O–H groups in total. The quantitative estimate of drug-likeness (QED) is 0.889. The molecule has 0 heterocycles. The Balaban J connectivity index is 2.86. The van der Waals surface area contributed by atoms with E-state index in [0.717, 1.165) is 12.1 Å². The fourth-order valence-electron chi connectivity index (χ4n) is 0.890. The summed E-state index contributed by atoms with van der Waals surface area (Å²) in [7, 11) is 0. The van der Waals surface area contributed by atoms with E-state index in [-0.39, 0.29) is 10.7 Å². The zero-order valence-corrected chi connectivity index (χ0v) is 9.17. The van der Waals surface area contributed by atoms with Crippen molar-refractivity contribution in [1.82, 2.24) is 0 Å². The van der Waals surface area contributed by atoms with Crippen LogP contribution in [0.4, 0.5) is 18.9 Å². The number of rotatable bonds is 3. The van der Waals surface area contributed by atoms with Gasteiger partial charge in [-0.15, -0.1) is 0 Å². The molecule has 0 saturated carbocycles. The van der Waals surface area contributed by atoms with Crippen LogP contribution in [-0.2, 0) is 0 Å². The summed E-state index contributed by atoms with van der Waals surface area (Å²) in [5.41, 5.74) is 0.272. The van der Waals surface area contributed by atoms with Crippen LogP contribution in [0.25, 0.3) is 0 Å². The van der Waals surface area contributed by atoms with Crippen LogP contribution in [0, 0.1) is 5.82 Å². The van der Waals surface area contributed by atoms with Crippen molar-refractivity contribution in [1.29, 1.82) is 0 Å². The second-order valence-corrected chi connectivity index (χ2v) is 3.78. The summed E-state index contributed by atoms with van der Waals surface area (Å²) in [6.07, 6.45) is -2.48. The number of halogens is 5. The summed E-state index contributed by atoms with van der Waals surface area (Å²) < 4.78 is 36.8. The molecule has 1 nitrogen and oxygen atoms in total. The van der Waals surface area contributed by atoms with E-state index in [1.165, 1.54) is 0 Å². The Morgan fingerprint density at radius 2 is 2.07 bits per heavy atom. The molecule has 0 aliphatic heterocycles. The third kappa shape index (κ3) is 3.06. The van der Waals surface area contributed by atoms with E-state index < -0.39 is 18.8 Å². The molecule has 0 aliphatic carbocycles. The van der Waals surface area contributed by atoms with Gasteiger partial charge in [0.05, 0.1) is 17.3 Å². The minimum Gasteiger partial charge on any atom is -0.377 e. The maximum absolute atomic E-state index is 12.7. The fraction of sp³-hybridized carbons (Fsp3) is 0.250. The van der Waals surface area contributed by atoms with Gasteiger partial charge in [-0.3, -0.25) is 0 Å². The lowest BCUT2D eigenvalue weighted by molar-refractivity contribution is 0.163. The first-order valence-electron chi connectivity index (χ1n) is 3.67. The Kier molecular flexibility index (Phi) is 4.07. The Hall–Kier alpha value is -0.420. The molecule has 1 aromatic carbocycles. The van der Waals surface area contributed by atoms with Gasteiger partial charge >= 0.3 is 0 Å². The van der Waals surface area contributed by atoms with Crippen LogP contribution >= 0.6 is 27.5 Å². The number of alkyl halides is 2. The van der Waals surface area contributed by atoms with Gasteiger partial charge in [-0.1, -0.05) is 11.6 Å². The predicted octanol–water partition coefficient (Wildman–Crippen LogP) is 3.92. The van der Waals surface area contributed by atoms with Gasteiger partial charge in [-0.25, -0.2) is 13.2 Å². The molecule has 0 atom stereocenters. The Morgan fingerprint density at radius 1 is 1.43 bits per heavy atom. The number of benzene rings is 1. The SMILES string of the molecule is Fc1cc(Cl)c(NCC(F)F)c(Br)c1. The van der Waals surface area contributed by atoms with Crippen molar-refractivity contribution < 1.29 is 13.2 Å². The van der Waals surface area contributed by atoms with E-state index in [0.29, 0.717) is 4.47 Å². The molecule has 0 bridgehead atoms. The number of anilines is 1. The lowest BCUT2D eigenvalue weighted by Gasteiger charge is -2.09. The third-order valence-electron chi connectivity index (χ3n) is 1.44. The number of nitrogens with one attached hydrogen (secondary N) is 1. The van der Waals surface area contributed by atoms with Crippen molar-refractivity contribution in [2.75, 3.05) is 11.9 Å². The first kappa shape index (κ1) is 11.7. The maximum Gasteiger partial charge on any atom is 0.255 e. The van der Waals surface area contributed by atoms with Gasteiger partial charge in [0.25, 0.3) is 6.43 Å². The summed E-state index contributed by atoms with van der Waals surface area (Å²) in [5, 5.41) is 2.48. The third-order valence-corrected chi connectivity index (χ3v) is 2.36. The molecule has 0 spiro atoms. The van der Waals surface area contributed by atoms with Gasteiger partial charge in [0.2, 0.25) is 0 Å². The van der Waals surface area contributed by atoms with Crippen LogP contribution in [0.5, 0.6) is 0 Å². The highest BCUT2D eigenvalue weighted by Gasteiger charge is 2.09. The van der Waals surface area contributed by atoms with Gasteiger partial charge in [-0.2, -0.15) is 0 Å². The van der Waals surface area contributed by atoms with Crippen molar-refractivity contribution in [3.8, 4) is 0 Å². The van der Waals surface area contributed by atoms with Crippen LogP contribution in [0.3, 0.4) is 0 Å². The minimum atomic E-state index is -2.48. The molecule has 14 heavy (non-hydrogen) atoms. The highest BCUT2D eigenvalue weighted by atomic mass is 79.9. The van der Waals surface area contributed by atoms with Gasteiger partial charge in [-0.05, 0) is 28.1 Å². The molecule has 78 valence electrons. The lowest BCUT2D eigenvalue weighted by Crippen LogP contribution is -2.11. The monoisotopic (exact) mass is 287 g/mol. The van der Waals surface area contributed by atoms with Crippen LogP contribution in [0.1, 0.15) is 0 Å².